The Hall–Kier alpha value is -2.50. The number of rotatable bonds is 18. The molecule has 2 aliphatic rings. The highest BCUT2D eigenvalue weighted by molar-refractivity contribution is 5.70. The van der Waals surface area contributed by atoms with Crippen molar-refractivity contribution in [3.05, 3.63) is 83.9 Å². The molecule has 0 spiro atoms. The van der Waals surface area contributed by atoms with Crippen molar-refractivity contribution in [1.82, 2.24) is 0 Å². The molecule has 3 aromatic rings. The average Bonchev–Trinajstić information content (AvgIpc) is 3.12. The fourth-order valence-corrected chi connectivity index (χ4v) is 7.26. The van der Waals surface area contributed by atoms with Crippen LogP contribution in [-0.4, -0.2) is 25.4 Å². The largest absolute Gasteiger partial charge is 0.348 e. The molecule has 48 heavy (non-hydrogen) atoms. The Morgan fingerprint density at radius 2 is 0.750 bits per heavy atom. The van der Waals surface area contributed by atoms with Crippen LogP contribution in [0.1, 0.15) is 141 Å². The fraction of sp³-hybridized carbons (Fsp3) is 0.591. The zero-order chi connectivity index (χ0) is 33.6. The number of ether oxygens (including phenoxy) is 4. The van der Waals surface area contributed by atoms with Crippen LogP contribution in [0.5, 0.6) is 0 Å². The Bertz CT molecular complexity index is 1200. The van der Waals surface area contributed by atoms with Crippen LogP contribution >= 0.6 is 0 Å². The Morgan fingerprint density at radius 3 is 1.08 bits per heavy atom. The fourth-order valence-electron chi connectivity index (χ4n) is 7.26. The van der Waals surface area contributed by atoms with Crippen LogP contribution in [0.25, 0.3) is 22.3 Å². The topological polar surface area (TPSA) is 36.9 Å². The van der Waals surface area contributed by atoms with Crippen LogP contribution in [0.15, 0.2) is 72.8 Å². The van der Waals surface area contributed by atoms with Crippen LogP contribution in [0.2, 0.25) is 0 Å². The van der Waals surface area contributed by atoms with E-state index in [1.165, 1.54) is 112 Å². The van der Waals surface area contributed by atoms with E-state index in [-0.39, 0.29) is 24.8 Å². The van der Waals surface area contributed by atoms with E-state index in [4.69, 9.17) is 18.9 Å². The van der Waals surface area contributed by atoms with Gasteiger partial charge >= 0.3 is 0 Å². The zero-order valence-electron chi connectivity index (χ0n) is 30.3. The molecule has 4 heteroatoms. The number of hydrogen-bond donors (Lipinski definition) is 0. The standard InChI is InChI=1S/C44H62O4/c1-5-7-9-11-13-15-17-41-31-45-43(47-33(41)3)39-27-23-37(24-28-39)35-19-21-36(22-20-35)38-25-29-40(30-26-38)44-46-32-42(34(4)48-44)18-16-14-12-10-8-6-2/h19-30,33-34,41-44H,5-18,31-32H2,1-4H3/t33?,34?,41-,42-,43-,44-/m1/s1. The quantitative estimate of drug-likeness (QED) is 0.128. The minimum absolute atomic E-state index is 0.221. The molecule has 0 bridgehead atoms. The molecule has 0 radical (unpaired) electrons. The summed E-state index contributed by atoms with van der Waals surface area (Å²) in [5, 5.41) is 0. The van der Waals surface area contributed by atoms with Gasteiger partial charge in [-0.15, -0.1) is 0 Å². The Kier molecular flexibility index (Phi) is 15.0. The summed E-state index contributed by atoms with van der Waals surface area (Å²) in [5.74, 6) is 0.984. The third-order valence-corrected chi connectivity index (χ3v) is 10.7. The zero-order valence-corrected chi connectivity index (χ0v) is 30.3. The molecule has 5 rings (SSSR count). The van der Waals surface area contributed by atoms with Gasteiger partial charge in [-0.1, -0.05) is 164 Å². The van der Waals surface area contributed by atoms with Crippen molar-refractivity contribution in [3.8, 4) is 22.3 Å². The molecule has 262 valence electrons. The normalized spacial score (nSPS) is 24.5. The molecule has 0 saturated carbocycles. The highest BCUT2D eigenvalue weighted by Crippen LogP contribution is 2.35. The number of hydrogen-bond acceptors (Lipinski definition) is 4. The lowest BCUT2D eigenvalue weighted by molar-refractivity contribution is -0.237. The molecule has 0 N–H and O–H groups in total. The monoisotopic (exact) mass is 654 g/mol. The van der Waals surface area contributed by atoms with Crippen molar-refractivity contribution in [2.45, 2.75) is 142 Å². The van der Waals surface area contributed by atoms with E-state index in [2.05, 4.69) is 100 Å². The summed E-state index contributed by atoms with van der Waals surface area (Å²) in [6, 6.07) is 26.2. The van der Waals surface area contributed by atoms with Crippen molar-refractivity contribution in [3.63, 3.8) is 0 Å². The second kappa shape index (κ2) is 19.6. The first kappa shape index (κ1) is 36.8. The molecule has 0 amide bonds. The molecule has 6 atom stereocenters. The molecule has 0 aromatic heterocycles. The van der Waals surface area contributed by atoms with E-state index >= 15 is 0 Å². The predicted octanol–water partition coefficient (Wildman–Crippen LogP) is 12.6. The van der Waals surface area contributed by atoms with Crippen molar-refractivity contribution in [2.75, 3.05) is 13.2 Å². The maximum Gasteiger partial charge on any atom is 0.184 e. The summed E-state index contributed by atoms with van der Waals surface area (Å²) in [5.41, 5.74) is 6.98. The minimum atomic E-state index is -0.278. The maximum absolute atomic E-state index is 6.34. The molecule has 2 heterocycles. The molecular weight excluding hydrogens is 592 g/mol. The molecule has 0 aliphatic carbocycles. The van der Waals surface area contributed by atoms with Gasteiger partial charge in [0, 0.05) is 23.0 Å². The summed E-state index contributed by atoms with van der Waals surface area (Å²) in [6.07, 6.45) is 18.2. The van der Waals surface area contributed by atoms with E-state index in [0.29, 0.717) is 11.8 Å². The van der Waals surface area contributed by atoms with Gasteiger partial charge in [0.05, 0.1) is 25.4 Å². The van der Waals surface area contributed by atoms with E-state index in [1.54, 1.807) is 0 Å². The summed E-state index contributed by atoms with van der Waals surface area (Å²) >= 11 is 0. The lowest BCUT2D eigenvalue weighted by atomic mass is 9.95. The second-order valence-electron chi connectivity index (χ2n) is 14.5. The Morgan fingerprint density at radius 1 is 0.438 bits per heavy atom. The first-order valence-electron chi connectivity index (χ1n) is 19.4. The van der Waals surface area contributed by atoms with Crippen LogP contribution < -0.4 is 0 Å². The number of benzene rings is 3. The average molecular weight is 655 g/mol. The highest BCUT2D eigenvalue weighted by atomic mass is 16.7. The molecule has 2 fully saturated rings. The van der Waals surface area contributed by atoms with Gasteiger partial charge in [-0.2, -0.15) is 0 Å². The van der Waals surface area contributed by atoms with Gasteiger partial charge in [-0.3, -0.25) is 0 Å². The molecule has 4 nitrogen and oxygen atoms in total. The summed E-state index contributed by atoms with van der Waals surface area (Å²) in [7, 11) is 0. The van der Waals surface area contributed by atoms with Crippen LogP contribution in [0.4, 0.5) is 0 Å². The summed E-state index contributed by atoms with van der Waals surface area (Å²) in [6.45, 7) is 10.5. The van der Waals surface area contributed by atoms with Gasteiger partial charge in [0.1, 0.15) is 0 Å². The van der Waals surface area contributed by atoms with Gasteiger partial charge in [0.25, 0.3) is 0 Å². The van der Waals surface area contributed by atoms with Gasteiger partial charge < -0.3 is 18.9 Å². The van der Waals surface area contributed by atoms with Crippen molar-refractivity contribution in [2.24, 2.45) is 11.8 Å². The van der Waals surface area contributed by atoms with Gasteiger partial charge in [-0.25, -0.2) is 0 Å². The van der Waals surface area contributed by atoms with Crippen molar-refractivity contribution >= 4 is 0 Å². The molecule has 2 aliphatic heterocycles. The molecular formula is C44H62O4. The summed E-state index contributed by atoms with van der Waals surface area (Å²) < 4.78 is 25.1. The van der Waals surface area contributed by atoms with E-state index in [9.17, 15) is 0 Å². The van der Waals surface area contributed by atoms with E-state index in [0.717, 1.165) is 24.3 Å². The Balaban J connectivity index is 1.07. The first-order chi connectivity index (χ1) is 23.6. The molecule has 3 aromatic carbocycles. The van der Waals surface area contributed by atoms with Gasteiger partial charge in [0.2, 0.25) is 0 Å². The third kappa shape index (κ3) is 10.7. The lowest BCUT2D eigenvalue weighted by Crippen LogP contribution is -2.34. The molecule has 2 unspecified atom stereocenters. The van der Waals surface area contributed by atoms with E-state index in [1.807, 2.05) is 0 Å². The maximum atomic E-state index is 6.34. The predicted molar refractivity (Wildman–Crippen MR) is 199 cm³/mol. The van der Waals surface area contributed by atoms with E-state index < -0.39 is 0 Å². The van der Waals surface area contributed by atoms with Crippen molar-refractivity contribution < 1.29 is 18.9 Å². The Labute approximate surface area is 291 Å². The van der Waals surface area contributed by atoms with Crippen LogP contribution in [0, 0.1) is 11.8 Å². The first-order valence-corrected chi connectivity index (χ1v) is 19.4. The number of unbranched alkanes of at least 4 members (excludes halogenated alkanes) is 10. The smallest absolute Gasteiger partial charge is 0.184 e. The molecule has 2 saturated heterocycles. The minimum Gasteiger partial charge on any atom is -0.348 e. The third-order valence-electron chi connectivity index (χ3n) is 10.7. The summed E-state index contributed by atoms with van der Waals surface area (Å²) in [4.78, 5) is 0. The van der Waals surface area contributed by atoms with Gasteiger partial charge in [0.15, 0.2) is 12.6 Å². The lowest BCUT2D eigenvalue weighted by Gasteiger charge is -2.35. The SMILES string of the molecule is CCCCCCCC[C@@H]1CO[C@@H](c2ccc(-c3ccc(-c4ccc([C@@H]5OC[C@@H](CCCCCCCC)C(C)O5)cc4)cc3)cc2)OC1C. The van der Waals surface area contributed by atoms with Crippen LogP contribution in [-0.2, 0) is 18.9 Å². The second-order valence-corrected chi connectivity index (χ2v) is 14.5. The van der Waals surface area contributed by atoms with Crippen molar-refractivity contribution in [1.29, 1.82) is 0 Å². The van der Waals surface area contributed by atoms with Gasteiger partial charge in [-0.05, 0) is 48.9 Å². The highest BCUT2D eigenvalue weighted by Gasteiger charge is 2.30. The van der Waals surface area contributed by atoms with Crippen LogP contribution in [0.3, 0.4) is 0 Å².